The Kier molecular flexibility index (Phi) is 6.46. The van der Waals surface area contributed by atoms with Crippen LogP contribution in [0.15, 0.2) is 48.1 Å². The minimum Gasteiger partial charge on any atom is -0.461 e. The van der Waals surface area contributed by atoms with Gasteiger partial charge >= 0.3 is 5.97 Å². The second-order valence-electron chi connectivity index (χ2n) is 12.3. The van der Waals surface area contributed by atoms with Crippen molar-refractivity contribution in [3.8, 4) is 0 Å². The van der Waals surface area contributed by atoms with Gasteiger partial charge in [-0.05, 0) is 80.6 Å². The predicted molar refractivity (Wildman–Crippen MR) is 134 cm³/mol. The van der Waals surface area contributed by atoms with E-state index in [0.717, 1.165) is 35.2 Å². The first kappa shape index (κ1) is 24.7. The number of aliphatic hydroxyl groups excluding tert-OH is 1. The Balaban J connectivity index is 1.09. The molecule has 5 aliphatic carbocycles. The molecule has 4 saturated carbocycles. The summed E-state index contributed by atoms with van der Waals surface area (Å²) < 4.78 is 10.4. The Bertz CT molecular complexity index is 969. The number of allylic oxidation sites excluding steroid dienone is 5. The fraction of sp³-hybridized carbons (Fsp3) is 0.667. The van der Waals surface area contributed by atoms with E-state index in [2.05, 4.69) is 12.2 Å². The van der Waals surface area contributed by atoms with Crippen LogP contribution in [-0.2, 0) is 19.1 Å². The monoisotopic (exact) mass is 480 g/mol. The third kappa shape index (κ3) is 4.19. The molecule has 35 heavy (non-hydrogen) atoms. The summed E-state index contributed by atoms with van der Waals surface area (Å²) >= 11 is 0. The lowest BCUT2D eigenvalue weighted by molar-refractivity contribution is -0.408. The quantitative estimate of drug-likeness (QED) is 0.188. The van der Waals surface area contributed by atoms with Crippen LogP contribution in [0.5, 0.6) is 0 Å². The van der Waals surface area contributed by atoms with Crippen molar-refractivity contribution in [3.05, 3.63) is 48.1 Å². The summed E-state index contributed by atoms with van der Waals surface area (Å²) in [5.41, 5.74) is 0.734. The van der Waals surface area contributed by atoms with Crippen LogP contribution in [0.1, 0.15) is 53.4 Å². The molecule has 4 fully saturated rings. The highest BCUT2D eigenvalue weighted by atomic mass is 16.6. The zero-order chi connectivity index (χ0) is 25.0. The maximum absolute atomic E-state index is 12.5. The molecule has 0 aromatic carbocycles. The van der Waals surface area contributed by atoms with Gasteiger partial charge < -0.3 is 14.6 Å². The van der Waals surface area contributed by atoms with Gasteiger partial charge in [-0.3, -0.25) is 4.79 Å². The van der Waals surface area contributed by atoms with Gasteiger partial charge in [-0.2, -0.15) is 0 Å². The second kappa shape index (κ2) is 9.15. The van der Waals surface area contributed by atoms with E-state index in [0.29, 0.717) is 24.9 Å². The lowest BCUT2D eigenvalue weighted by Crippen LogP contribution is -2.85. The molecule has 0 bridgehead atoms. The van der Waals surface area contributed by atoms with Gasteiger partial charge in [-0.15, -0.1) is 0 Å². The summed E-state index contributed by atoms with van der Waals surface area (Å²) in [6, 6.07) is 0. The smallest absolute Gasteiger partial charge is 0.332 e. The van der Waals surface area contributed by atoms with Gasteiger partial charge in [-0.25, -0.2) is 4.79 Å². The summed E-state index contributed by atoms with van der Waals surface area (Å²) in [5.74, 6) is 4.67. The Labute approximate surface area is 209 Å². The van der Waals surface area contributed by atoms with Gasteiger partial charge in [0.2, 0.25) is 0 Å². The molecule has 0 aromatic heterocycles. The highest BCUT2D eigenvalue weighted by Gasteiger charge is 2.85. The molecule has 0 aromatic rings. The van der Waals surface area contributed by atoms with Crippen LogP contribution in [0.4, 0.5) is 0 Å². The molecular weight excluding hydrogens is 440 g/mol. The molecule has 0 saturated heterocycles. The maximum atomic E-state index is 12.5. The van der Waals surface area contributed by atoms with Crippen molar-refractivity contribution in [2.45, 2.75) is 65.6 Å². The van der Waals surface area contributed by atoms with Crippen LogP contribution >= 0.6 is 0 Å². The van der Waals surface area contributed by atoms with Crippen molar-refractivity contribution in [1.82, 2.24) is 0 Å². The van der Waals surface area contributed by atoms with Crippen molar-refractivity contribution in [1.29, 1.82) is 0 Å². The first-order valence-electron chi connectivity index (χ1n) is 13.4. The number of carbonyl (C=O) groups excluding carboxylic acids is 2. The van der Waals surface area contributed by atoms with E-state index in [4.69, 9.17) is 9.47 Å². The van der Waals surface area contributed by atoms with Crippen molar-refractivity contribution < 1.29 is 24.2 Å². The number of hydrogen-bond acceptors (Lipinski definition) is 5. The minimum atomic E-state index is -0.534. The standard InChI is InChI=1S/C30H40O5/c1-18(2)35-26(33)17-34-13-6-5-8-19-10-11-24(31)21(19)15-29(3,4)25(32)9-7-12-30-16-22-20-14-23(30)27(20)28(22)30/h5-7,10-12,15,18-20,22-23,25,27-28,32H,8-9,13-14,16-17H2,1-4H3. The van der Waals surface area contributed by atoms with Gasteiger partial charge in [0.15, 0.2) is 5.78 Å². The molecule has 5 aliphatic rings. The molecule has 0 radical (unpaired) electrons. The van der Waals surface area contributed by atoms with Gasteiger partial charge in [0.05, 0.1) is 18.8 Å². The molecule has 0 amide bonds. The van der Waals surface area contributed by atoms with Gasteiger partial charge in [0, 0.05) is 16.9 Å². The van der Waals surface area contributed by atoms with E-state index in [-0.39, 0.29) is 30.4 Å². The lowest BCUT2D eigenvalue weighted by Gasteiger charge is -2.90. The first-order chi connectivity index (χ1) is 16.6. The van der Waals surface area contributed by atoms with Crippen molar-refractivity contribution in [2.75, 3.05) is 13.2 Å². The van der Waals surface area contributed by atoms with Crippen LogP contribution in [0.2, 0.25) is 0 Å². The van der Waals surface area contributed by atoms with E-state index in [1.807, 2.05) is 38.2 Å². The topological polar surface area (TPSA) is 72.8 Å². The molecule has 5 nitrogen and oxygen atoms in total. The van der Waals surface area contributed by atoms with Gasteiger partial charge in [0.1, 0.15) is 6.61 Å². The number of fused-ring (bicyclic) bond motifs is 2. The maximum Gasteiger partial charge on any atom is 0.332 e. The Morgan fingerprint density at radius 1 is 1.26 bits per heavy atom. The molecule has 8 atom stereocenters. The number of esters is 1. The molecule has 5 heteroatoms. The molecular formula is C30H40O5. The van der Waals surface area contributed by atoms with Crippen molar-refractivity contribution in [3.63, 3.8) is 0 Å². The van der Waals surface area contributed by atoms with Crippen LogP contribution in [0.25, 0.3) is 0 Å². The van der Waals surface area contributed by atoms with E-state index in [1.165, 1.54) is 12.8 Å². The normalized spacial score (nSPS) is 38.3. The van der Waals surface area contributed by atoms with Crippen LogP contribution < -0.4 is 0 Å². The van der Waals surface area contributed by atoms with Gasteiger partial charge in [-0.1, -0.05) is 50.3 Å². The Morgan fingerprint density at radius 2 is 2.06 bits per heavy atom. The SMILES string of the molecule is CC(C)OC(=O)COCC=CCC1C=CC(=O)C1=CC(C)(C)C(O)CC=CC12CC3C4CC1C4C32. The highest BCUT2D eigenvalue weighted by Crippen LogP contribution is 2.90. The number of aliphatic hydroxyl groups is 1. The Morgan fingerprint density at radius 3 is 2.71 bits per heavy atom. The van der Waals surface area contributed by atoms with Crippen LogP contribution in [0.3, 0.4) is 0 Å². The second-order valence-corrected chi connectivity index (χ2v) is 12.3. The molecule has 8 unspecified atom stereocenters. The molecule has 0 aliphatic heterocycles. The molecule has 0 heterocycles. The minimum absolute atomic E-state index is 0.00504. The number of ether oxygens (including phenoxy) is 2. The third-order valence-corrected chi connectivity index (χ3v) is 9.51. The molecule has 5 rings (SSSR count). The summed E-state index contributed by atoms with van der Waals surface area (Å²) in [6.07, 6.45) is 17.5. The summed E-state index contributed by atoms with van der Waals surface area (Å²) in [5, 5.41) is 11.0. The summed E-state index contributed by atoms with van der Waals surface area (Å²) in [7, 11) is 0. The first-order valence-corrected chi connectivity index (χ1v) is 13.4. The van der Waals surface area contributed by atoms with E-state index >= 15 is 0 Å². The summed E-state index contributed by atoms with van der Waals surface area (Å²) in [6.45, 7) is 7.89. The van der Waals surface area contributed by atoms with Gasteiger partial charge in [0.25, 0.3) is 0 Å². The van der Waals surface area contributed by atoms with E-state index in [9.17, 15) is 14.7 Å². The average Bonchev–Trinajstić information content (AvgIpc) is 3.12. The number of carbonyl (C=O) groups is 2. The third-order valence-electron chi connectivity index (χ3n) is 9.51. The van der Waals surface area contributed by atoms with Crippen molar-refractivity contribution in [2.24, 2.45) is 46.3 Å². The Hall–Kier alpha value is -1.98. The number of ketones is 1. The fourth-order valence-corrected chi connectivity index (χ4v) is 7.68. The summed E-state index contributed by atoms with van der Waals surface area (Å²) in [4.78, 5) is 24.0. The van der Waals surface area contributed by atoms with E-state index < -0.39 is 11.5 Å². The van der Waals surface area contributed by atoms with Crippen LogP contribution in [-0.4, -0.2) is 42.3 Å². The van der Waals surface area contributed by atoms with E-state index in [1.54, 1.807) is 19.9 Å². The fourth-order valence-electron chi connectivity index (χ4n) is 7.68. The average molecular weight is 481 g/mol. The van der Waals surface area contributed by atoms with Crippen molar-refractivity contribution >= 4 is 11.8 Å². The zero-order valence-corrected chi connectivity index (χ0v) is 21.5. The predicted octanol–water partition coefficient (Wildman–Crippen LogP) is 4.82. The number of rotatable bonds is 12. The molecule has 0 spiro atoms. The largest absolute Gasteiger partial charge is 0.461 e. The number of hydrogen-bond donors (Lipinski definition) is 1. The molecule has 190 valence electrons. The molecule has 1 N–H and O–H groups in total. The zero-order valence-electron chi connectivity index (χ0n) is 21.5. The van der Waals surface area contributed by atoms with Crippen LogP contribution in [0, 0.1) is 46.3 Å². The highest BCUT2D eigenvalue weighted by molar-refractivity contribution is 6.07. The lowest BCUT2D eigenvalue weighted by atomic mass is 9.14.